The van der Waals surface area contributed by atoms with Crippen LogP contribution in [0.2, 0.25) is 0 Å². The fourth-order valence-corrected chi connectivity index (χ4v) is 3.40. The summed E-state index contributed by atoms with van der Waals surface area (Å²) in [5, 5.41) is 14.3. The van der Waals surface area contributed by atoms with Gasteiger partial charge in [-0.15, -0.1) is 0 Å². The minimum Gasteiger partial charge on any atom is -0.396 e. The quantitative estimate of drug-likeness (QED) is 0.499. The first-order chi connectivity index (χ1) is 13.1. The van der Waals surface area contributed by atoms with Crippen LogP contribution in [0.5, 0.6) is 0 Å². The van der Waals surface area contributed by atoms with Crippen LogP contribution in [0, 0.1) is 0 Å². The van der Waals surface area contributed by atoms with Crippen LogP contribution in [0.3, 0.4) is 0 Å². The fourth-order valence-electron chi connectivity index (χ4n) is 2.46. The lowest BCUT2D eigenvalue weighted by molar-refractivity contribution is -0.119. The highest BCUT2D eigenvalue weighted by atomic mass is 32.2. The van der Waals surface area contributed by atoms with Crippen LogP contribution in [-0.4, -0.2) is 44.0 Å². The first-order valence-corrected chi connectivity index (χ1v) is 9.90. The van der Waals surface area contributed by atoms with Crippen LogP contribution >= 0.6 is 11.8 Å². The molecule has 0 saturated carbocycles. The molecular weight excluding hydrogens is 380 g/mol. The maximum absolute atomic E-state index is 12.8. The highest BCUT2D eigenvalue weighted by molar-refractivity contribution is 8.00. The molecular formula is C19H26N4O4S. The molecule has 2 aromatic rings. The number of fused-ring (bicyclic) bond motifs is 1. The Balaban J connectivity index is 2.25. The minimum atomic E-state index is -0.654. The summed E-state index contributed by atoms with van der Waals surface area (Å²) in [4.78, 5) is 41.6. The highest BCUT2D eigenvalue weighted by Gasteiger charge is 2.22. The van der Waals surface area contributed by atoms with Crippen molar-refractivity contribution in [1.82, 2.24) is 20.2 Å². The van der Waals surface area contributed by atoms with Gasteiger partial charge in [-0.05, 0) is 46.2 Å². The van der Waals surface area contributed by atoms with E-state index in [4.69, 9.17) is 5.11 Å². The molecule has 0 bridgehead atoms. The number of benzene rings is 1. The normalized spacial score (nSPS) is 12.6. The van der Waals surface area contributed by atoms with Crippen molar-refractivity contribution < 1.29 is 14.7 Å². The third-order valence-corrected chi connectivity index (χ3v) is 4.83. The zero-order valence-corrected chi connectivity index (χ0v) is 17.3. The Morgan fingerprint density at radius 1 is 1.29 bits per heavy atom. The molecule has 0 aliphatic rings. The smallest absolute Gasteiger partial charge is 0.321 e. The van der Waals surface area contributed by atoms with Crippen LogP contribution in [0.15, 0.2) is 34.2 Å². The Hall–Kier alpha value is -2.39. The predicted molar refractivity (Wildman–Crippen MR) is 109 cm³/mol. The van der Waals surface area contributed by atoms with Crippen molar-refractivity contribution in [2.24, 2.45) is 0 Å². The number of hydrogen-bond donors (Lipinski definition) is 3. The van der Waals surface area contributed by atoms with Crippen LogP contribution in [0.25, 0.3) is 10.9 Å². The summed E-state index contributed by atoms with van der Waals surface area (Å²) in [5.41, 5.74) is -0.154. The number of aliphatic hydroxyl groups is 1. The summed E-state index contributed by atoms with van der Waals surface area (Å²) >= 11 is 1.10. The van der Waals surface area contributed by atoms with Crippen molar-refractivity contribution in [2.45, 2.75) is 56.6 Å². The summed E-state index contributed by atoms with van der Waals surface area (Å²) < 4.78 is 1.46. The zero-order valence-electron chi connectivity index (χ0n) is 16.5. The van der Waals surface area contributed by atoms with E-state index < -0.39 is 22.7 Å². The van der Waals surface area contributed by atoms with Gasteiger partial charge in [-0.25, -0.2) is 9.78 Å². The van der Waals surface area contributed by atoms with Gasteiger partial charge in [0.05, 0.1) is 16.2 Å². The summed E-state index contributed by atoms with van der Waals surface area (Å²) in [6, 6.07) is 6.40. The summed E-state index contributed by atoms with van der Waals surface area (Å²) in [6.45, 7) is 7.30. The second-order valence-corrected chi connectivity index (χ2v) is 8.71. The molecule has 28 heavy (non-hydrogen) atoms. The molecule has 0 radical (unpaired) electrons. The van der Waals surface area contributed by atoms with E-state index in [0.717, 1.165) is 11.8 Å². The summed E-state index contributed by atoms with van der Waals surface area (Å²) in [6.07, 6.45) is 0.391. The lowest BCUT2D eigenvalue weighted by atomic mass is 10.1. The lowest BCUT2D eigenvalue weighted by Gasteiger charge is -2.21. The molecule has 0 aliphatic carbocycles. The van der Waals surface area contributed by atoms with E-state index in [2.05, 4.69) is 15.6 Å². The van der Waals surface area contributed by atoms with Gasteiger partial charge in [0.2, 0.25) is 5.91 Å². The van der Waals surface area contributed by atoms with Crippen molar-refractivity contribution in [1.29, 1.82) is 0 Å². The van der Waals surface area contributed by atoms with Crippen molar-refractivity contribution in [3.8, 4) is 0 Å². The highest BCUT2D eigenvalue weighted by Crippen LogP contribution is 2.23. The molecule has 0 fully saturated rings. The second-order valence-electron chi connectivity index (χ2n) is 7.40. The number of aromatic nitrogens is 2. The zero-order chi connectivity index (χ0) is 20.9. The number of nitrogens with zero attached hydrogens (tertiary/aromatic N) is 2. The number of hydrogen-bond acceptors (Lipinski definition) is 6. The molecule has 1 unspecified atom stereocenters. The van der Waals surface area contributed by atoms with E-state index in [-0.39, 0.29) is 18.7 Å². The average Bonchev–Trinajstić information content (AvgIpc) is 2.59. The first kappa shape index (κ1) is 21.9. The van der Waals surface area contributed by atoms with E-state index in [1.54, 1.807) is 31.2 Å². The van der Waals surface area contributed by atoms with E-state index in [1.807, 2.05) is 20.8 Å². The fraction of sp³-hybridized carbons (Fsp3) is 0.474. The number of para-hydroxylation sites is 1. The van der Waals surface area contributed by atoms with Crippen LogP contribution in [-0.2, 0) is 11.3 Å². The monoisotopic (exact) mass is 406 g/mol. The molecule has 0 aliphatic heterocycles. The number of rotatable bonds is 6. The van der Waals surface area contributed by atoms with Crippen molar-refractivity contribution in [3.63, 3.8) is 0 Å². The van der Waals surface area contributed by atoms with E-state index in [9.17, 15) is 14.4 Å². The van der Waals surface area contributed by atoms with Crippen molar-refractivity contribution in [3.05, 3.63) is 34.6 Å². The van der Waals surface area contributed by atoms with E-state index in [1.165, 1.54) is 4.57 Å². The molecule has 1 atom stereocenters. The molecule has 2 rings (SSSR count). The van der Waals surface area contributed by atoms with Crippen molar-refractivity contribution in [2.75, 3.05) is 6.61 Å². The predicted octanol–water partition coefficient (Wildman–Crippen LogP) is 1.88. The number of aliphatic hydroxyl groups excluding tert-OH is 1. The van der Waals surface area contributed by atoms with Gasteiger partial charge in [0.1, 0.15) is 0 Å². The van der Waals surface area contributed by atoms with Crippen molar-refractivity contribution >= 4 is 34.6 Å². The van der Waals surface area contributed by atoms with Gasteiger partial charge in [-0.1, -0.05) is 23.9 Å². The minimum absolute atomic E-state index is 0.0631. The summed E-state index contributed by atoms with van der Waals surface area (Å²) in [7, 11) is 0. The molecule has 3 N–H and O–H groups in total. The molecule has 1 aromatic carbocycles. The third kappa shape index (κ3) is 5.80. The molecule has 3 amide bonds. The van der Waals surface area contributed by atoms with Gasteiger partial charge >= 0.3 is 6.03 Å². The number of carbonyl (C=O) groups excluding carboxylic acids is 2. The van der Waals surface area contributed by atoms with Crippen LogP contribution < -0.4 is 16.2 Å². The number of urea groups is 1. The Morgan fingerprint density at radius 2 is 1.96 bits per heavy atom. The maximum atomic E-state index is 12.8. The topological polar surface area (TPSA) is 113 Å². The Bertz CT molecular complexity index is 920. The van der Waals surface area contributed by atoms with Gasteiger partial charge in [-0.2, -0.15) is 0 Å². The number of nitrogens with one attached hydrogen (secondary N) is 2. The van der Waals surface area contributed by atoms with Gasteiger partial charge in [0.25, 0.3) is 5.56 Å². The number of imide groups is 1. The van der Waals surface area contributed by atoms with Crippen LogP contribution in [0.1, 0.15) is 34.1 Å². The SMILES string of the molecule is CC(Sc1nc2ccccc2c(=O)n1CCCO)C(=O)NC(=O)NC(C)(C)C. The van der Waals surface area contributed by atoms with Gasteiger partial charge < -0.3 is 10.4 Å². The van der Waals surface area contributed by atoms with E-state index in [0.29, 0.717) is 22.5 Å². The van der Waals surface area contributed by atoms with Gasteiger partial charge in [-0.3, -0.25) is 19.5 Å². The van der Waals surface area contributed by atoms with Gasteiger partial charge in [0.15, 0.2) is 5.16 Å². The number of carbonyl (C=O) groups is 2. The molecule has 8 nitrogen and oxygen atoms in total. The first-order valence-electron chi connectivity index (χ1n) is 9.02. The average molecular weight is 407 g/mol. The largest absolute Gasteiger partial charge is 0.396 e. The molecule has 0 spiro atoms. The van der Waals surface area contributed by atoms with E-state index >= 15 is 0 Å². The Morgan fingerprint density at radius 3 is 2.61 bits per heavy atom. The number of amides is 3. The standard InChI is InChI=1S/C19H26N4O4S/c1-12(15(25)21-17(27)22-19(2,3)4)28-18-20-14-9-6-5-8-13(14)16(26)23(18)10-7-11-24/h5-6,8-9,12,24H,7,10-11H2,1-4H3,(H2,21,22,25,27). The number of thioether (sulfide) groups is 1. The molecule has 9 heteroatoms. The molecule has 1 heterocycles. The molecule has 1 aromatic heterocycles. The Kier molecular flexibility index (Phi) is 7.20. The Labute approximate surface area is 167 Å². The van der Waals surface area contributed by atoms with Crippen LogP contribution in [0.4, 0.5) is 4.79 Å². The third-order valence-electron chi connectivity index (χ3n) is 3.74. The molecule has 152 valence electrons. The summed E-state index contributed by atoms with van der Waals surface area (Å²) in [5.74, 6) is -0.483. The maximum Gasteiger partial charge on any atom is 0.321 e. The van der Waals surface area contributed by atoms with Gasteiger partial charge in [0, 0.05) is 18.7 Å². The molecule has 0 saturated heterocycles. The lowest BCUT2D eigenvalue weighted by Crippen LogP contribution is -2.49. The second kappa shape index (κ2) is 9.20.